The molecule has 0 heterocycles. The van der Waals surface area contributed by atoms with Crippen LogP contribution in [0.3, 0.4) is 0 Å². The molecule has 0 fully saturated rings. The average molecular weight is 253 g/mol. The van der Waals surface area contributed by atoms with Gasteiger partial charge < -0.3 is 0 Å². The van der Waals surface area contributed by atoms with E-state index < -0.39 is 0 Å². The minimum atomic E-state index is 0.881. The van der Waals surface area contributed by atoms with Gasteiger partial charge in [0.2, 0.25) is 0 Å². The summed E-state index contributed by atoms with van der Waals surface area (Å²) in [6, 6.07) is 16.8. The van der Waals surface area contributed by atoms with Crippen molar-refractivity contribution in [2.24, 2.45) is 4.99 Å². The van der Waals surface area contributed by atoms with Gasteiger partial charge in [-0.05, 0) is 55.2 Å². The summed E-state index contributed by atoms with van der Waals surface area (Å²) in [5.41, 5.74) is 4.83. The predicted octanol–water partition coefficient (Wildman–Crippen LogP) is 4.51. The number of benzene rings is 2. The number of thiocarbonyl (C=S) groups is 1. The quantitative estimate of drug-likeness (QED) is 0.576. The first kappa shape index (κ1) is 12.7. The van der Waals surface area contributed by atoms with Gasteiger partial charge in [0.05, 0.1) is 10.8 Å². The van der Waals surface area contributed by atoms with Crippen LogP contribution in [-0.4, -0.2) is 5.16 Å². The fraction of sp³-hybridized carbons (Fsp3) is 0.188. The van der Waals surface area contributed by atoms with Crippen molar-refractivity contribution < 1.29 is 0 Å². The van der Waals surface area contributed by atoms with Crippen LogP contribution in [0.25, 0.3) is 0 Å². The molecule has 2 aromatic rings. The molecule has 2 aromatic carbocycles. The molecule has 0 atom stereocenters. The van der Waals surface area contributed by atoms with E-state index in [9.17, 15) is 0 Å². The zero-order valence-electron chi connectivity index (χ0n) is 10.4. The van der Waals surface area contributed by atoms with Gasteiger partial charge in [-0.1, -0.05) is 42.0 Å². The Hall–Kier alpha value is -1.76. The third-order valence-corrected chi connectivity index (χ3v) is 3.00. The number of aryl methyl sites for hydroxylation is 3. The highest BCUT2D eigenvalue weighted by Gasteiger charge is 1.97. The van der Waals surface area contributed by atoms with Crippen LogP contribution in [0, 0.1) is 6.92 Å². The van der Waals surface area contributed by atoms with E-state index in [1.165, 1.54) is 16.7 Å². The SMILES string of the molecule is Cc1ccc(CCc2cccc(N=C=S)c2)cc1. The van der Waals surface area contributed by atoms with Crippen molar-refractivity contribution in [1.29, 1.82) is 0 Å². The van der Waals surface area contributed by atoms with E-state index in [-0.39, 0.29) is 0 Å². The largest absolute Gasteiger partial charge is 0.195 e. The second kappa shape index (κ2) is 6.25. The number of hydrogen-bond acceptors (Lipinski definition) is 2. The van der Waals surface area contributed by atoms with Crippen molar-refractivity contribution in [2.45, 2.75) is 19.8 Å². The predicted molar refractivity (Wildman–Crippen MR) is 79.7 cm³/mol. The maximum atomic E-state index is 4.61. The minimum Gasteiger partial charge on any atom is -0.195 e. The Labute approximate surface area is 113 Å². The van der Waals surface area contributed by atoms with Gasteiger partial charge in [-0.2, -0.15) is 4.99 Å². The van der Waals surface area contributed by atoms with Crippen molar-refractivity contribution >= 4 is 23.1 Å². The summed E-state index contributed by atoms with van der Waals surface area (Å²) < 4.78 is 0. The lowest BCUT2D eigenvalue weighted by atomic mass is 10.0. The van der Waals surface area contributed by atoms with Gasteiger partial charge in [0.1, 0.15) is 0 Å². The average Bonchev–Trinajstić information content (AvgIpc) is 2.39. The van der Waals surface area contributed by atoms with Gasteiger partial charge in [0.25, 0.3) is 0 Å². The number of nitrogens with zero attached hydrogens (tertiary/aromatic N) is 1. The molecule has 0 spiro atoms. The molecule has 0 aliphatic rings. The molecule has 0 aromatic heterocycles. The van der Waals surface area contributed by atoms with Crippen LogP contribution in [0.15, 0.2) is 53.5 Å². The van der Waals surface area contributed by atoms with Crippen molar-refractivity contribution in [3.05, 3.63) is 65.2 Å². The van der Waals surface area contributed by atoms with E-state index in [2.05, 4.69) is 65.7 Å². The van der Waals surface area contributed by atoms with E-state index in [0.717, 1.165) is 18.5 Å². The highest BCUT2D eigenvalue weighted by molar-refractivity contribution is 7.78. The molecule has 2 heteroatoms. The van der Waals surface area contributed by atoms with Crippen LogP contribution < -0.4 is 0 Å². The summed E-state index contributed by atoms with van der Waals surface area (Å²) >= 11 is 4.61. The molecule has 0 amide bonds. The third kappa shape index (κ3) is 3.63. The lowest BCUT2D eigenvalue weighted by molar-refractivity contribution is 0.959. The van der Waals surface area contributed by atoms with Gasteiger partial charge >= 0.3 is 0 Å². The summed E-state index contributed by atoms with van der Waals surface area (Å²) in [5.74, 6) is 0. The third-order valence-electron chi connectivity index (χ3n) is 2.91. The molecule has 2 rings (SSSR count). The number of rotatable bonds is 4. The Morgan fingerprint density at radius 3 is 2.44 bits per heavy atom. The Morgan fingerprint density at radius 1 is 1.00 bits per heavy atom. The molecule has 0 bridgehead atoms. The molecule has 0 aliphatic carbocycles. The van der Waals surface area contributed by atoms with Crippen molar-refractivity contribution in [1.82, 2.24) is 0 Å². The Balaban J connectivity index is 2.03. The summed E-state index contributed by atoms with van der Waals surface area (Å²) in [6.45, 7) is 2.11. The first-order chi connectivity index (χ1) is 8.78. The molecule has 1 nitrogen and oxygen atoms in total. The monoisotopic (exact) mass is 253 g/mol. The molecular weight excluding hydrogens is 238 g/mol. The van der Waals surface area contributed by atoms with Crippen LogP contribution in [-0.2, 0) is 12.8 Å². The first-order valence-corrected chi connectivity index (χ1v) is 6.41. The second-order valence-corrected chi connectivity index (χ2v) is 4.54. The van der Waals surface area contributed by atoms with E-state index >= 15 is 0 Å². The highest BCUT2D eigenvalue weighted by atomic mass is 32.1. The van der Waals surface area contributed by atoms with Gasteiger partial charge in [-0.3, -0.25) is 0 Å². The smallest absolute Gasteiger partial charge is 0.0742 e. The Morgan fingerprint density at radius 2 is 1.72 bits per heavy atom. The minimum absolute atomic E-state index is 0.881. The first-order valence-electron chi connectivity index (χ1n) is 6.00. The lowest BCUT2D eigenvalue weighted by Gasteiger charge is -2.03. The number of isothiocyanates is 1. The molecule has 0 saturated heterocycles. The van der Waals surface area contributed by atoms with Crippen LogP contribution in [0.5, 0.6) is 0 Å². The maximum Gasteiger partial charge on any atom is 0.0742 e. The molecular formula is C16H15NS. The van der Waals surface area contributed by atoms with Crippen LogP contribution in [0.4, 0.5) is 5.69 Å². The standard InChI is InChI=1S/C16H15NS/c1-13-5-7-14(8-6-13)9-10-15-3-2-4-16(11-15)17-12-18/h2-8,11H,9-10H2,1H3. The van der Waals surface area contributed by atoms with Crippen LogP contribution in [0.1, 0.15) is 16.7 Å². The summed E-state index contributed by atoms with van der Waals surface area (Å²) in [6.07, 6.45) is 2.06. The van der Waals surface area contributed by atoms with Gasteiger partial charge in [-0.25, -0.2) is 0 Å². The zero-order chi connectivity index (χ0) is 12.8. The summed E-state index contributed by atoms with van der Waals surface area (Å²) in [4.78, 5) is 4.00. The Bertz CT molecular complexity index is 566. The van der Waals surface area contributed by atoms with E-state index in [4.69, 9.17) is 0 Å². The molecule has 0 N–H and O–H groups in total. The van der Waals surface area contributed by atoms with E-state index in [0.29, 0.717) is 0 Å². The van der Waals surface area contributed by atoms with Gasteiger partial charge in [0, 0.05) is 0 Å². The van der Waals surface area contributed by atoms with Gasteiger partial charge in [-0.15, -0.1) is 0 Å². The second-order valence-electron chi connectivity index (χ2n) is 4.36. The highest BCUT2D eigenvalue weighted by Crippen LogP contribution is 2.15. The maximum absolute atomic E-state index is 4.61. The molecule has 0 radical (unpaired) electrons. The fourth-order valence-corrected chi connectivity index (χ4v) is 1.98. The van der Waals surface area contributed by atoms with E-state index in [1.54, 1.807) is 0 Å². The van der Waals surface area contributed by atoms with Crippen LogP contribution >= 0.6 is 12.2 Å². The number of hydrogen-bond donors (Lipinski definition) is 0. The van der Waals surface area contributed by atoms with Crippen molar-refractivity contribution in [3.63, 3.8) is 0 Å². The summed E-state index contributed by atoms with van der Waals surface area (Å²) in [7, 11) is 0. The fourth-order valence-electron chi connectivity index (χ4n) is 1.88. The zero-order valence-corrected chi connectivity index (χ0v) is 11.2. The van der Waals surface area contributed by atoms with Crippen LogP contribution in [0.2, 0.25) is 0 Å². The molecule has 18 heavy (non-hydrogen) atoms. The molecule has 90 valence electrons. The normalized spacial score (nSPS) is 9.83. The number of aliphatic imine (C=N–C) groups is 1. The topological polar surface area (TPSA) is 12.4 Å². The van der Waals surface area contributed by atoms with Crippen molar-refractivity contribution in [2.75, 3.05) is 0 Å². The molecule has 0 aliphatic heterocycles. The Kier molecular flexibility index (Phi) is 4.40. The van der Waals surface area contributed by atoms with Gasteiger partial charge in [0.15, 0.2) is 0 Å². The lowest BCUT2D eigenvalue weighted by Crippen LogP contribution is -1.91. The van der Waals surface area contributed by atoms with E-state index in [1.807, 2.05) is 12.1 Å². The molecule has 0 unspecified atom stereocenters. The summed E-state index contributed by atoms with van der Waals surface area (Å²) in [5, 5.41) is 2.40. The van der Waals surface area contributed by atoms with Crippen molar-refractivity contribution in [3.8, 4) is 0 Å². The molecule has 0 saturated carbocycles.